The number of anilines is 1. The molecule has 0 amide bonds. The Morgan fingerprint density at radius 3 is 2.68 bits per heavy atom. The Kier molecular flexibility index (Phi) is 4.16. The van der Waals surface area contributed by atoms with E-state index in [2.05, 4.69) is 15.9 Å². The molecule has 0 spiro atoms. The van der Waals surface area contributed by atoms with E-state index in [9.17, 15) is 13.6 Å². The van der Waals surface area contributed by atoms with E-state index < -0.39 is 17.6 Å². The van der Waals surface area contributed by atoms with Crippen LogP contribution in [0.2, 0.25) is 0 Å². The fraction of sp³-hybridized carbons (Fsp3) is 0.0833. The van der Waals surface area contributed by atoms with Crippen LogP contribution in [0.15, 0.2) is 28.1 Å². The van der Waals surface area contributed by atoms with Crippen LogP contribution in [0.25, 0.3) is 0 Å². The number of nitrogens with two attached hydrogens (primary N) is 1. The molecule has 1 aromatic heterocycles. The zero-order valence-corrected chi connectivity index (χ0v) is 11.9. The minimum absolute atomic E-state index is 0.0372. The van der Waals surface area contributed by atoms with E-state index in [0.717, 1.165) is 21.5 Å². The van der Waals surface area contributed by atoms with Crippen molar-refractivity contribution < 1.29 is 18.3 Å². The van der Waals surface area contributed by atoms with Crippen molar-refractivity contribution in [1.29, 1.82) is 0 Å². The molecule has 1 heterocycles. The first kappa shape index (κ1) is 14.0. The summed E-state index contributed by atoms with van der Waals surface area (Å²) >= 11 is 4.70. The topological polar surface area (TPSA) is 52.3 Å². The summed E-state index contributed by atoms with van der Waals surface area (Å²) in [5.41, 5.74) is 5.11. The Morgan fingerprint density at radius 2 is 2.05 bits per heavy atom. The largest absolute Gasteiger partial charge is 0.456 e. The normalized spacial score (nSPS) is 10.5. The van der Waals surface area contributed by atoms with Crippen LogP contribution in [0.5, 0.6) is 0 Å². The molecule has 0 saturated carbocycles. The minimum Gasteiger partial charge on any atom is -0.456 e. The molecule has 0 atom stereocenters. The lowest BCUT2D eigenvalue weighted by atomic mass is 10.1. The van der Waals surface area contributed by atoms with Gasteiger partial charge in [-0.05, 0) is 33.4 Å². The highest BCUT2D eigenvalue weighted by molar-refractivity contribution is 9.10. The van der Waals surface area contributed by atoms with Crippen molar-refractivity contribution >= 4 is 38.9 Å². The van der Waals surface area contributed by atoms with Gasteiger partial charge in [0.25, 0.3) is 0 Å². The van der Waals surface area contributed by atoms with Gasteiger partial charge in [-0.1, -0.05) is 0 Å². The lowest BCUT2D eigenvalue weighted by Crippen LogP contribution is -2.09. The standard InChI is InChI=1S/C12H8BrF2NO2S/c13-7-1-2-19-11(7)5-18-12(17)6-3-8(14)9(15)4-10(6)16/h1-4H,5,16H2. The highest BCUT2D eigenvalue weighted by Crippen LogP contribution is 2.24. The molecule has 19 heavy (non-hydrogen) atoms. The van der Waals surface area contributed by atoms with Crippen LogP contribution in [0.1, 0.15) is 15.2 Å². The second kappa shape index (κ2) is 5.66. The number of esters is 1. The monoisotopic (exact) mass is 347 g/mol. The number of carbonyl (C=O) groups excluding carboxylic acids is 1. The Hall–Kier alpha value is -1.47. The van der Waals surface area contributed by atoms with E-state index in [-0.39, 0.29) is 17.9 Å². The predicted molar refractivity (Wildman–Crippen MR) is 71.9 cm³/mol. The van der Waals surface area contributed by atoms with E-state index in [1.54, 1.807) is 0 Å². The first-order chi connectivity index (χ1) is 8.99. The summed E-state index contributed by atoms with van der Waals surface area (Å²) in [5, 5.41) is 1.83. The smallest absolute Gasteiger partial charge is 0.340 e. The molecule has 2 rings (SSSR count). The van der Waals surface area contributed by atoms with Gasteiger partial charge in [0.2, 0.25) is 0 Å². The van der Waals surface area contributed by atoms with Crippen LogP contribution >= 0.6 is 27.3 Å². The average molecular weight is 348 g/mol. The van der Waals surface area contributed by atoms with Gasteiger partial charge in [0, 0.05) is 16.2 Å². The molecule has 100 valence electrons. The number of benzene rings is 1. The Balaban J connectivity index is 2.12. The molecule has 0 unspecified atom stereocenters. The number of hydrogen-bond acceptors (Lipinski definition) is 4. The summed E-state index contributed by atoms with van der Waals surface area (Å²) in [5.74, 6) is -3.04. The van der Waals surface area contributed by atoms with Crippen molar-refractivity contribution in [2.75, 3.05) is 5.73 Å². The molecule has 1 aromatic carbocycles. The maximum Gasteiger partial charge on any atom is 0.340 e. The van der Waals surface area contributed by atoms with Crippen LogP contribution in [0, 0.1) is 11.6 Å². The molecule has 0 radical (unpaired) electrons. The molecular weight excluding hydrogens is 340 g/mol. The second-order valence-electron chi connectivity index (χ2n) is 3.62. The van der Waals surface area contributed by atoms with Gasteiger partial charge in [-0.15, -0.1) is 11.3 Å². The lowest BCUT2D eigenvalue weighted by Gasteiger charge is -2.07. The summed E-state index contributed by atoms with van der Waals surface area (Å²) < 4.78 is 31.8. The highest BCUT2D eigenvalue weighted by Gasteiger charge is 2.16. The second-order valence-corrected chi connectivity index (χ2v) is 5.48. The Morgan fingerprint density at radius 1 is 1.37 bits per heavy atom. The third-order valence-corrected chi connectivity index (χ3v) is 4.24. The van der Waals surface area contributed by atoms with E-state index in [4.69, 9.17) is 10.5 Å². The third-order valence-electron chi connectivity index (χ3n) is 2.34. The number of thiophene rings is 1. The van der Waals surface area contributed by atoms with Crippen LogP contribution in [-0.4, -0.2) is 5.97 Å². The molecule has 0 fully saturated rings. The molecule has 0 aliphatic heterocycles. The SMILES string of the molecule is Nc1cc(F)c(F)cc1C(=O)OCc1sccc1Br. The zero-order chi connectivity index (χ0) is 14.0. The van der Waals surface area contributed by atoms with E-state index in [1.807, 2.05) is 11.4 Å². The maximum atomic E-state index is 13.1. The number of ether oxygens (including phenoxy) is 1. The quantitative estimate of drug-likeness (QED) is 0.679. The summed E-state index contributed by atoms with van der Waals surface area (Å²) in [7, 11) is 0. The summed E-state index contributed by atoms with van der Waals surface area (Å²) in [6.07, 6.45) is 0. The average Bonchev–Trinajstić information content (AvgIpc) is 2.76. The van der Waals surface area contributed by atoms with Crippen molar-refractivity contribution in [1.82, 2.24) is 0 Å². The summed E-state index contributed by atoms with van der Waals surface area (Å²) in [6, 6.07) is 3.31. The molecule has 2 aromatic rings. The van der Waals surface area contributed by atoms with Gasteiger partial charge in [-0.25, -0.2) is 13.6 Å². The first-order valence-corrected chi connectivity index (χ1v) is 6.80. The van der Waals surface area contributed by atoms with Gasteiger partial charge in [0.15, 0.2) is 11.6 Å². The maximum absolute atomic E-state index is 13.1. The minimum atomic E-state index is -1.14. The van der Waals surface area contributed by atoms with Crippen LogP contribution in [-0.2, 0) is 11.3 Å². The number of carbonyl (C=O) groups is 1. The molecule has 0 aliphatic carbocycles. The highest BCUT2D eigenvalue weighted by atomic mass is 79.9. The van der Waals surface area contributed by atoms with E-state index >= 15 is 0 Å². The molecule has 0 saturated heterocycles. The molecule has 7 heteroatoms. The fourth-order valence-electron chi connectivity index (χ4n) is 1.38. The fourth-order valence-corrected chi connectivity index (χ4v) is 2.75. The number of hydrogen-bond donors (Lipinski definition) is 1. The van der Waals surface area contributed by atoms with Gasteiger partial charge in [-0.3, -0.25) is 0 Å². The number of nitrogen functional groups attached to an aromatic ring is 1. The zero-order valence-electron chi connectivity index (χ0n) is 9.45. The van der Waals surface area contributed by atoms with Gasteiger partial charge in [0.05, 0.1) is 10.4 Å². The molecule has 0 aliphatic rings. The number of halogens is 3. The summed E-state index contributed by atoms with van der Waals surface area (Å²) in [6.45, 7) is 0.0372. The molecule has 3 nitrogen and oxygen atoms in total. The molecule has 2 N–H and O–H groups in total. The summed E-state index contributed by atoms with van der Waals surface area (Å²) in [4.78, 5) is 12.5. The molecular formula is C12H8BrF2NO2S. The Bertz CT molecular complexity index is 630. The van der Waals surface area contributed by atoms with Crippen molar-refractivity contribution in [3.05, 3.63) is 50.1 Å². The van der Waals surface area contributed by atoms with Gasteiger partial charge in [0.1, 0.15) is 6.61 Å². The van der Waals surface area contributed by atoms with E-state index in [1.165, 1.54) is 11.3 Å². The van der Waals surface area contributed by atoms with Crippen LogP contribution in [0.4, 0.5) is 14.5 Å². The van der Waals surface area contributed by atoms with Crippen molar-refractivity contribution in [3.8, 4) is 0 Å². The third kappa shape index (κ3) is 3.10. The number of rotatable bonds is 3. The Labute approximate surface area is 120 Å². The van der Waals surface area contributed by atoms with Gasteiger partial charge >= 0.3 is 5.97 Å². The predicted octanol–water partition coefficient (Wildman–Crippen LogP) is 3.73. The van der Waals surface area contributed by atoms with Gasteiger partial charge in [-0.2, -0.15) is 0 Å². The molecule has 0 bridgehead atoms. The van der Waals surface area contributed by atoms with Gasteiger partial charge < -0.3 is 10.5 Å². The van der Waals surface area contributed by atoms with Crippen LogP contribution in [0.3, 0.4) is 0 Å². The van der Waals surface area contributed by atoms with E-state index in [0.29, 0.717) is 0 Å². The van der Waals surface area contributed by atoms with Crippen molar-refractivity contribution in [3.63, 3.8) is 0 Å². The van der Waals surface area contributed by atoms with Crippen molar-refractivity contribution in [2.45, 2.75) is 6.61 Å². The lowest BCUT2D eigenvalue weighted by molar-refractivity contribution is 0.0476. The van der Waals surface area contributed by atoms with Crippen molar-refractivity contribution in [2.24, 2.45) is 0 Å². The first-order valence-electron chi connectivity index (χ1n) is 5.12. The van der Waals surface area contributed by atoms with Crippen LogP contribution < -0.4 is 5.73 Å².